The fourth-order valence-corrected chi connectivity index (χ4v) is 3.59. The molecule has 6 nitrogen and oxygen atoms in total. The molecule has 27 heavy (non-hydrogen) atoms. The lowest BCUT2D eigenvalue weighted by Crippen LogP contribution is -2.25. The molecule has 0 fully saturated rings. The molecule has 136 valence electrons. The van der Waals surface area contributed by atoms with Crippen molar-refractivity contribution in [2.24, 2.45) is 0 Å². The van der Waals surface area contributed by atoms with Crippen molar-refractivity contribution in [1.29, 1.82) is 0 Å². The van der Waals surface area contributed by atoms with Gasteiger partial charge in [-0.2, -0.15) is 5.10 Å². The lowest BCUT2D eigenvalue weighted by atomic mass is 9.87. The molecule has 3 aromatic rings. The first kappa shape index (κ1) is 15.9. The van der Waals surface area contributed by atoms with Gasteiger partial charge in [0.2, 0.25) is 12.7 Å². The minimum Gasteiger partial charge on any atom is -0.454 e. The van der Waals surface area contributed by atoms with Gasteiger partial charge in [-0.1, -0.05) is 18.2 Å². The summed E-state index contributed by atoms with van der Waals surface area (Å²) in [5.41, 5.74) is 2.82. The van der Waals surface area contributed by atoms with Gasteiger partial charge in [-0.25, -0.2) is 9.07 Å². The number of anilines is 1. The van der Waals surface area contributed by atoms with Crippen LogP contribution in [0.3, 0.4) is 0 Å². The molecule has 2 aromatic carbocycles. The third kappa shape index (κ3) is 2.81. The molecule has 1 N–H and O–H groups in total. The van der Waals surface area contributed by atoms with Crippen LogP contribution in [0, 0.1) is 5.82 Å². The van der Waals surface area contributed by atoms with Crippen molar-refractivity contribution in [3.8, 4) is 11.5 Å². The van der Waals surface area contributed by atoms with Gasteiger partial charge in [-0.15, -0.1) is 0 Å². The molecule has 0 unspecified atom stereocenters. The number of carbonyl (C=O) groups is 1. The first-order valence-electron chi connectivity index (χ1n) is 8.67. The topological polar surface area (TPSA) is 65.4 Å². The first-order valence-corrected chi connectivity index (χ1v) is 8.67. The number of rotatable bonds is 3. The zero-order valence-corrected chi connectivity index (χ0v) is 14.3. The first-order chi connectivity index (χ1) is 13.2. The fourth-order valence-electron chi connectivity index (χ4n) is 3.59. The number of nitrogens with one attached hydrogen (secondary N) is 1. The van der Waals surface area contributed by atoms with Crippen LogP contribution < -0.4 is 14.8 Å². The highest BCUT2D eigenvalue weighted by Crippen LogP contribution is 2.38. The molecule has 2 aliphatic rings. The number of fused-ring (bicyclic) bond motifs is 2. The highest BCUT2D eigenvalue weighted by molar-refractivity contribution is 5.94. The predicted molar refractivity (Wildman–Crippen MR) is 95.4 cm³/mol. The molecule has 0 bridgehead atoms. The molecule has 1 amide bonds. The van der Waals surface area contributed by atoms with Gasteiger partial charge in [-0.3, -0.25) is 4.79 Å². The molecule has 0 spiro atoms. The van der Waals surface area contributed by atoms with E-state index >= 15 is 0 Å². The highest BCUT2D eigenvalue weighted by atomic mass is 19.1. The van der Waals surface area contributed by atoms with Gasteiger partial charge in [-0.05, 0) is 35.4 Å². The number of amides is 1. The summed E-state index contributed by atoms with van der Waals surface area (Å²) in [5.74, 6) is 1.60. The van der Waals surface area contributed by atoms with Crippen molar-refractivity contribution in [3.63, 3.8) is 0 Å². The molecule has 0 saturated carbocycles. The van der Waals surface area contributed by atoms with Crippen LogP contribution in [0.4, 0.5) is 10.2 Å². The van der Waals surface area contributed by atoms with E-state index in [0.717, 1.165) is 22.4 Å². The van der Waals surface area contributed by atoms with Crippen molar-refractivity contribution >= 4 is 11.7 Å². The van der Waals surface area contributed by atoms with E-state index in [9.17, 15) is 9.18 Å². The van der Waals surface area contributed by atoms with E-state index in [4.69, 9.17) is 9.47 Å². The molecule has 7 heteroatoms. The number of nitrogens with zero attached hydrogens (tertiary/aromatic N) is 2. The van der Waals surface area contributed by atoms with Crippen LogP contribution in [0.2, 0.25) is 0 Å². The minimum atomic E-state index is -0.294. The Hall–Kier alpha value is -3.35. The lowest BCUT2D eigenvalue weighted by molar-refractivity contribution is -0.116. The number of hydrogen-bond donors (Lipinski definition) is 1. The summed E-state index contributed by atoms with van der Waals surface area (Å²) in [5, 5.41) is 7.39. The normalized spacial score (nSPS) is 17.5. The molecule has 1 aromatic heterocycles. The van der Waals surface area contributed by atoms with Crippen molar-refractivity contribution in [2.45, 2.75) is 18.9 Å². The van der Waals surface area contributed by atoms with E-state index < -0.39 is 0 Å². The van der Waals surface area contributed by atoms with E-state index in [1.807, 2.05) is 18.2 Å². The maximum atomic E-state index is 13.3. The molecular formula is C20H16FN3O3. The van der Waals surface area contributed by atoms with Crippen LogP contribution in [-0.2, 0) is 11.3 Å². The summed E-state index contributed by atoms with van der Waals surface area (Å²) >= 11 is 0. The number of ether oxygens (including phenoxy) is 2. The Bertz CT molecular complexity index is 1030. The second kappa shape index (κ2) is 6.12. The molecule has 0 radical (unpaired) electrons. The second-order valence-electron chi connectivity index (χ2n) is 6.65. The van der Waals surface area contributed by atoms with E-state index in [1.165, 1.54) is 12.1 Å². The fraction of sp³-hybridized carbons (Fsp3) is 0.200. The van der Waals surface area contributed by atoms with Gasteiger partial charge in [0.25, 0.3) is 0 Å². The van der Waals surface area contributed by atoms with Crippen molar-refractivity contribution in [2.75, 3.05) is 12.1 Å². The number of carbonyl (C=O) groups excluding carboxylic acids is 1. The number of halogens is 1. The Morgan fingerprint density at radius 1 is 1.15 bits per heavy atom. The number of benzene rings is 2. The monoisotopic (exact) mass is 365 g/mol. The Morgan fingerprint density at radius 2 is 1.96 bits per heavy atom. The van der Waals surface area contributed by atoms with E-state index in [-0.39, 0.29) is 24.4 Å². The van der Waals surface area contributed by atoms with Gasteiger partial charge in [0, 0.05) is 17.9 Å². The quantitative estimate of drug-likeness (QED) is 0.774. The largest absolute Gasteiger partial charge is 0.454 e. The van der Waals surface area contributed by atoms with Crippen LogP contribution in [-0.4, -0.2) is 22.5 Å². The predicted octanol–water partition coefficient (Wildman–Crippen LogP) is 3.27. The van der Waals surface area contributed by atoms with Crippen LogP contribution in [0.25, 0.3) is 0 Å². The summed E-state index contributed by atoms with van der Waals surface area (Å²) < 4.78 is 25.8. The summed E-state index contributed by atoms with van der Waals surface area (Å²) in [6.45, 7) is 0.716. The number of aromatic nitrogens is 2. The standard InChI is InChI=1S/C20H16FN3O3/c21-14-4-2-13(3-5-14)15-8-19(25)23-20-16(15)9-22-24(20)10-12-1-6-17-18(7-12)27-11-26-17/h1-7,9,15H,8,10-11H2,(H,23,25)/t15-/m0/s1. The Morgan fingerprint density at radius 3 is 2.81 bits per heavy atom. The van der Waals surface area contributed by atoms with Gasteiger partial charge >= 0.3 is 0 Å². The van der Waals surface area contributed by atoms with E-state index in [2.05, 4.69) is 10.4 Å². The van der Waals surface area contributed by atoms with Crippen molar-refractivity contribution < 1.29 is 18.7 Å². The zero-order chi connectivity index (χ0) is 18.4. The van der Waals surface area contributed by atoms with Crippen LogP contribution in [0.5, 0.6) is 11.5 Å². The Balaban J connectivity index is 1.48. The second-order valence-corrected chi connectivity index (χ2v) is 6.65. The smallest absolute Gasteiger partial charge is 0.231 e. The van der Waals surface area contributed by atoms with E-state index in [0.29, 0.717) is 24.5 Å². The molecule has 0 saturated heterocycles. The van der Waals surface area contributed by atoms with E-state index in [1.54, 1.807) is 23.0 Å². The summed E-state index contributed by atoms with van der Waals surface area (Å²) in [6.07, 6.45) is 2.09. The summed E-state index contributed by atoms with van der Waals surface area (Å²) in [6, 6.07) is 12.0. The van der Waals surface area contributed by atoms with Crippen molar-refractivity contribution in [3.05, 3.63) is 71.2 Å². The SMILES string of the molecule is O=C1C[C@@H](c2ccc(F)cc2)c2cnn(Cc3ccc4c(c3)OCO4)c2N1. The third-order valence-corrected chi connectivity index (χ3v) is 4.93. The third-order valence-electron chi connectivity index (χ3n) is 4.93. The maximum Gasteiger partial charge on any atom is 0.231 e. The van der Waals surface area contributed by atoms with Crippen LogP contribution in [0.1, 0.15) is 29.0 Å². The average molecular weight is 365 g/mol. The molecule has 3 heterocycles. The minimum absolute atomic E-state index is 0.0794. The van der Waals surface area contributed by atoms with Gasteiger partial charge in [0.05, 0.1) is 12.7 Å². The van der Waals surface area contributed by atoms with Crippen molar-refractivity contribution in [1.82, 2.24) is 9.78 Å². The molecule has 0 aliphatic carbocycles. The van der Waals surface area contributed by atoms with Gasteiger partial charge in [0.1, 0.15) is 11.6 Å². The Labute approximate surface area is 154 Å². The number of hydrogen-bond acceptors (Lipinski definition) is 4. The van der Waals surface area contributed by atoms with Gasteiger partial charge < -0.3 is 14.8 Å². The van der Waals surface area contributed by atoms with Gasteiger partial charge in [0.15, 0.2) is 11.5 Å². The van der Waals surface area contributed by atoms with Crippen LogP contribution in [0.15, 0.2) is 48.7 Å². The highest BCUT2D eigenvalue weighted by Gasteiger charge is 2.30. The van der Waals surface area contributed by atoms with Crippen LogP contribution >= 0.6 is 0 Å². The maximum absolute atomic E-state index is 13.3. The summed E-state index contributed by atoms with van der Waals surface area (Å²) in [7, 11) is 0. The lowest BCUT2D eigenvalue weighted by Gasteiger charge is -2.23. The Kier molecular flexibility index (Phi) is 3.60. The average Bonchev–Trinajstić information content (AvgIpc) is 3.29. The zero-order valence-electron chi connectivity index (χ0n) is 14.3. The molecule has 1 atom stereocenters. The molecule has 5 rings (SSSR count). The molecule has 2 aliphatic heterocycles. The summed E-state index contributed by atoms with van der Waals surface area (Å²) in [4.78, 5) is 12.3. The molecular weight excluding hydrogens is 349 g/mol.